The van der Waals surface area contributed by atoms with Crippen LogP contribution in [0.3, 0.4) is 0 Å². The average molecular weight is 358 g/mol. The maximum atomic E-state index is 3.20. The summed E-state index contributed by atoms with van der Waals surface area (Å²) in [5.41, 5.74) is 0. The maximum absolute atomic E-state index is 3.20. The maximum Gasteiger partial charge on any atom is 0.0132 e. The van der Waals surface area contributed by atoms with E-state index >= 15 is 0 Å². The lowest BCUT2D eigenvalue weighted by molar-refractivity contribution is -0.0341. The van der Waals surface area contributed by atoms with Gasteiger partial charge in [-0.3, -0.25) is 4.90 Å². The molecule has 3 atom stereocenters. The van der Waals surface area contributed by atoms with Crippen molar-refractivity contribution in [2.24, 2.45) is 17.8 Å². The highest BCUT2D eigenvalue weighted by Gasteiger charge is 2.43. The van der Waals surface area contributed by atoms with Crippen molar-refractivity contribution in [3.8, 4) is 0 Å². The summed E-state index contributed by atoms with van der Waals surface area (Å²) in [5.74, 6) is 3.00. The van der Waals surface area contributed by atoms with Crippen LogP contribution in [0.1, 0.15) is 110 Å². The van der Waals surface area contributed by atoms with Gasteiger partial charge < -0.3 is 0 Å². The SMILES string of the molecule is CC=CC1CCC(N(C2CCCCC2)C2CCCC3CCCCC32)CC1. The largest absolute Gasteiger partial charge is 0.294 e. The molecule has 1 heteroatoms. The third-order valence-corrected chi connectivity index (χ3v) is 8.54. The van der Waals surface area contributed by atoms with E-state index in [2.05, 4.69) is 24.0 Å². The Kier molecular flexibility index (Phi) is 6.78. The quantitative estimate of drug-likeness (QED) is 0.484. The molecule has 26 heavy (non-hydrogen) atoms. The predicted octanol–water partition coefficient (Wildman–Crippen LogP) is 7.11. The molecule has 0 N–H and O–H groups in total. The first-order chi connectivity index (χ1) is 12.9. The molecule has 1 nitrogen and oxygen atoms in total. The Morgan fingerprint density at radius 2 is 1.27 bits per heavy atom. The minimum absolute atomic E-state index is 0.873. The van der Waals surface area contributed by atoms with E-state index in [4.69, 9.17) is 0 Å². The normalized spacial score (nSPS) is 40.0. The Morgan fingerprint density at radius 3 is 2.04 bits per heavy atom. The van der Waals surface area contributed by atoms with Crippen molar-refractivity contribution < 1.29 is 0 Å². The monoisotopic (exact) mass is 357 g/mol. The molecule has 148 valence electrons. The highest BCUT2D eigenvalue weighted by atomic mass is 15.2. The van der Waals surface area contributed by atoms with Gasteiger partial charge in [-0.2, -0.15) is 0 Å². The van der Waals surface area contributed by atoms with Gasteiger partial charge in [0.2, 0.25) is 0 Å². The second-order valence-electron chi connectivity index (χ2n) is 10.0. The van der Waals surface area contributed by atoms with Crippen LogP contribution >= 0.6 is 0 Å². The van der Waals surface area contributed by atoms with Crippen LogP contribution in [-0.2, 0) is 0 Å². The van der Waals surface area contributed by atoms with E-state index in [0.717, 1.165) is 35.9 Å². The van der Waals surface area contributed by atoms with E-state index in [-0.39, 0.29) is 0 Å². The van der Waals surface area contributed by atoms with E-state index in [1.54, 1.807) is 19.3 Å². The molecule has 0 aromatic carbocycles. The van der Waals surface area contributed by atoms with Gasteiger partial charge >= 0.3 is 0 Å². The Balaban J connectivity index is 1.50. The molecule has 0 aromatic heterocycles. The van der Waals surface area contributed by atoms with Crippen LogP contribution < -0.4 is 0 Å². The molecule has 0 radical (unpaired) electrons. The van der Waals surface area contributed by atoms with Gasteiger partial charge in [-0.25, -0.2) is 0 Å². The molecule has 4 aliphatic rings. The number of nitrogens with zero attached hydrogens (tertiary/aromatic N) is 1. The van der Waals surface area contributed by atoms with E-state index in [9.17, 15) is 0 Å². The van der Waals surface area contributed by atoms with Crippen molar-refractivity contribution >= 4 is 0 Å². The minimum atomic E-state index is 0.873. The van der Waals surface area contributed by atoms with Crippen LogP contribution in [0.5, 0.6) is 0 Å². The van der Waals surface area contributed by atoms with E-state index in [1.165, 1.54) is 83.5 Å². The van der Waals surface area contributed by atoms with Gasteiger partial charge in [0.25, 0.3) is 0 Å². The lowest BCUT2D eigenvalue weighted by Gasteiger charge is -2.53. The van der Waals surface area contributed by atoms with Gasteiger partial charge in [0.15, 0.2) is 0 Å². The van der Waals surface area contributed by atoms with Gasteiger partial charge in [0.1, 0.15) is 0 Å². The number of rotatable bonds is 4. The lowest BCUT2D eigenvalue weighted by Crippen LogP contribution is -2.56. The summed E-state index contributed by atoms with van der Waals surface area (Å²) in [7, 11) is 0. The average Bonchev–Trinajstić information content (AvgIpc) is 2.71. The van der Waals surface area contributed by atoms with Crippen LogP contribution in [0.4, 0.5) is 0 Å². The van der Waals surface area contributed by atoms with Crippen molar-refractivity contribution in [2.75, 3.05) is 0 Å². The third-order valence-electron chi connectivity index (χ3n) is 8.54. The summed E-state index contributed by atoms with van der Waals surface area (Å²) in [6, 6.07) is 2.78. The first kappa shape index (κ1) is 19.0. The second-order valence-corrected chi connectivity index (χ2v) is 10.0. The highest BCUT2D eigenvalue weighted by molar-refractivity contribution is 4.98. The zero-order valence-electron chi connectivity index (χ0n) is 17.4. The summed E-state index contributed by atoms with van der Waals surface area (Å²) in [5, 5.41) is 0. The van der Waals surface area contributed by atoms with Gasteiger partial charge in [-0.05, 0) is 76.0 Å². The summed E-state index contributed by atoms with van der Waals surface area (Å²) >= 11 is 0. The molecule has 3 unspecified atom stereocenters. The molecule has 0 spiro atoms. The standard InChI is InChI=1S/C25H43N/c1-2-9-20-16-18-23(19-17-20)26(22-12-4-3-5-13-22)25-15-8-11-21-10-6-7-14-24(21)25/h2,9,20-25H,3-8,10-19H2,1H3. The predicted molar refractivity (Wildman–Crippen MR) is 112 cm³/mol. The van der Waals surface area contributed by atoms with Crippen LogP contribution in [-0.4, -0.2) is 23.0 Å². The summed E-state index contributed by atoms with van der Waals surface area (Å²) in [6.07, 6.45) is 28.8. The molecule has 4 fully saturated rings. The zero-order valence-corrected chi connectivity index (χ0v) is 17.4. The molecule has 0 saturated heterocycles. The molecule has 0 bridgehead atoms. The fraction of sp³-hybridized carbons (Fsp3) is 0.920. The van der Waals surface area contributed by atoms with E-state index < -0.39 is 0 Å². The highest BCUT2D eigenvalue weighted by Crippen LogP contribution is 2.46. The Bertz CT molecular complexity index is 439. The van der Waals surface area contributed by atoms with Gasteiger partial charge in [-0.15, -0.1) is 0 Å². The Labute approximate surface area is 163 Å². The van der Waals surface area contributed by atoms with Crippen molar-refractivity contribution in [3.63, 3.8) is 0 Å². The molecular weight excluding hydrogens is 314 g/mol. The molecule has 4 aliphatic carbocycles. The van der Waals surface area contributed by atoms with Gasteiger partial charge in [0.05, 0.1) is 0 Å². The third kappa shape index (κ3) is 4.23. The summed E-state index contributed by atoms with van der Waals surface area (Å²) in [4.78, 5) is 3.20. The Morgan fingerprint density at radius 1 is 0.615 bits per heavy atom. The number of hydrogen-bond acceptors (Lipinski definition) is 1. The molecule has 4 saturated carbocycles. The molecule has 0 amide bonds. The second kappa shape index (κ2) is 9.26. The summed E-state index contributed by atoms with van der Waals surface area (Å²) < 4.78 is 0. The first-order valence-corrected chi connectivity index (χ1v) is 12.3. The fourth-order valence-corrected chi connectivity index (χ4v) is 7.36. The van der Waals surface area contributed by atoms with Crippen molar-refractivity contribution in [1.29, 1.82) is 0 Å². The molecule has 4 rings (SSSR count). The van der Waals surface area contributed by atoms with Crippen LogP contribution in [0.2, 0.25) is 0 Å². The van der Waals surface area contributed by atoms with Crippen molar-refractivity contribution in [1.82, 2.24) is 4.90 Å². The Hall–Kier alpha value is -0.300. The minimum Gasteiger partial charge on any atom is -0.294 e. The zero-order chi connectivity index (χ0) is 17.8. The number of fused-ring (bicyclic) bond motifs is 1. The van der Waals surface area contributed by atoms with Gasteiger partial charge in [0, 0.05) is 18.1 Å². The topological polar surface area (TPSA) is 3.24 Å². The van der Waals surface area contributed by atoms with E-state index in [1.807, 2.05) is 0 Å². The molecule has 0 heterocycles. The van der Waals surface area contributed by atoms with Crippen LogP contribution in [0.25, 0.3) is 0 Å². The smallest absolute Gasteiger partial charge is 0.0132 e. The van der Waals surface area contributed by atoms with Crippen LogP contribution in [0.15, 0.2) is 12.2 Å². The lowest BCUT2D eigenvalue weighted by atomic mass is 9.67. The van der Waals surface area contributed by atoms with E-state index in [0.29, 0.717) is 0 Å². The molecular formula is C25H43N. The fourth-order valence-electron chi connectivity index (χ4n) is 7.36. The molecule has 0 aliphatic heterocycles. The van der Waals surface area contributed by atoms with Crippen LogP contribution in [0, 0.1) is 17.8 Å². The summed E-state index contributed by atoms with van der Waals surface area (Å²) in [6.45, 7) is 2.20. The van der Waals surface area contributed by atoms with Crippen molar-refractivity contribution in [2.45, 2.75) is 128 Å². The number of hydrogen-bond donors (Lipinski definition) is 0. The first-order valence-electron chi connectivity index (χ1n) is 12.3. The molecule has 0 aromatic rings. The van der Waals surface area contributed by atoms with Gasteiger partial charge in [-0.1, -0.05) is 63.5 Å². The number of allylic oxidation sites excluding steroid dienone is 2. The van der Waals surface area contributed by atoms with Crippen molar-refractivity contribution in [3.05, 3.63) is 12.2 Å².